The summed E-state index contributed by atoms with van der Waals surface area (Å²) < 4.78 is 58.1. The van der Waals surface area contributed by atoms with Crippen LogP contribution in [0.2, 0.25) is 0 Å². The van der Waals surface area contributed by atoms with Crippen LogP contribution in [0.4, 0.5) is 0 Å². The zero-order chi connectivity index (χ0) is 32.9. The summed E-state index contributed by atoms with van der Waals surface area (Å²) in [5, 5.41) is 8.94. The fourth-order valence-electron chi connectivity index (χ4n) is 5.05. The van der Waals surface area contributed by atoms with Crippen molar-refractivity contribution in [1.29, 1.82) is 5.26 Å². The predicted octanol–water partition coefficient (Wildman–Crippen LogP) is 6.72. The monoisotopic (exact) mass is 656 g/mol. The van der Waals surface area contributed by atoms with Gasteiger partial charge < -0.3 is 23.3 Å². The molecule has 0 fully saturated rings. The Bertz CT molecular complexity index is 1390. The smallest absolute Gasteiger partial charge is 0.259 e. The summed E-state index contributed by atoms with van der Waals surface area (Å²) in [5.74, 6) is 0.999. The second kappa shape index (κ2) is 17.6. The van der Waals surface area contributed by atoms with Gasteiger partial charge in [0.25, 0.3) is 8.53 Å². The third-order valence-electron chi connectivity index (χ3n) is 7.14. The van der Waals surface area contributed by atoms with Crippen LogP contribution in [0.5, 0.6) is 11.5 Å². The van der Waals surface area contributed by atoms with Crippen LogP contribution in [0.15, 0.2) is 78.9 Å². The van der Waals surface area contributed by atoms with Crippen LogP contribution in [-0.4, -0.2) is 70.7 Å². The third-order valence-corrected chi connectivity index (χ3v) is 10.8. The molecule has 0 saturated carbocycles. The topological polar surface area (TPSA) is 107 Å². The summed E-state index contributed by atoms with van der Waals surface area (Å²) in [4.78, 5) is 0. The van der Waals surface area contributed by atoms with E-state index in [1.165, 1.54) is 0 Å². The Morgan fingerprint density at radius 2 is 1.20 bits per heavy atom. The van der Waals surface area contributed by atoms with Gasteiger partial charge in [0.05, 0.1) is 58.0 Å². The second-order valence-corrected chi connectivity index (χ2v) is 14.6. The molecular formula is C34H45N2O7PS. The quantitative estimate of drug-likeness (QED) is 0.0790. The minimum Gasteiger partial charge on any atom is -0.497 e. The van der Waals surface area contributed by atoms with E-state index < -0.39 is 24.0 Å². The summed E-state index contributed by atoms with van der Waals surface area (Å²) in [6, 6.07) is 27.2. The van der Waals surface area contributed by atoms with Crippen LogP contribution in [0, 0.1) is 11.3 Å². The van der Waals surface area contributed by atoms with Crippen LogP contribution in [-0.2, 0) is 29.2 Å². The van der Waals surface area contributed by atoms with E-state index >= 15 is 0 Å². The van der Waals surface area contributed by atoms with Gasteiger partial charge in [-0.2, -0.15) is 5.26 Å². The van der Waals surface area contributed by atoms with Crippen molar-refractivity contribution >= 4 is 18.4 Å². The molecule has 11 heteroatoms. The number of sulfone groups is 1. The van der Waals surface area contributed by atoms with Crippen LogP contribution in [0.1, 0.15) is 50.8 Å². The number of nitrogens with zero attached hydrogens (tertiary/aromatic N) is 2. The summed E-state index contributed by atoms with van der Waals surface area (Å²) in [5.41, 5.74) is 1.39. The van der Waals surface area contributed by atoms with Crippen molar-refractivity contribution in [2.24, 2.45) is 0 Å². The first kappa shape index (κ1) is 36.4. The van der Waals surface area contributed by atoms with Crippen molar-refractivity contribution in [2.75, 3.05) is 45.5 Å². The predicted molar refractivity (Wildman–Crippen MR) is 178 cm³/mol. The maximum absolute atomic E-state index is 13.3. The highest BCUT2D eigenvalue weighted by molar-refractivity contribution is 7.91. The van der Waals surface area contributed by atoms with Crippen LogP contribution in [0.25, 0.3) is 0 Å². The molecule has 0 aliphatic heterocycles. The van der Waals surface area contributed by atoms with Crippen molar-refractivity contribution in [3.05, 3.63) is 95.6 Å². The van der Waals surface area contributed by atoms with Crippen molar-refractivity contribution in [1.82, 2.24) is 4.67 Å². The summed E-state index contributed by atoms with van der Waals surface area (Å²) in [6.45, 7) is 8.26. The first-order valence-electron chi connectivity index (χ1n) is 15.0. The van der Waals surface area contributed by atoms with Crippen LogP contribution < -0.4 is 9.47 Å². The average molecular weight is 657 g/mol. The second-order valence-electron chi connectivity index (χ2n) is 10.9. The number of benzene rings is 3. The Balaban J connectivity index is 1.84. The summed E-state index contributed by atoms with van der Waals surface area (Å²) in [6.07, 6.45) is 0.230. The van der Waals surface area contributed by atoms with Gasteiger partial charge >= 0.3 is 0 Å². The minimum atomic E-state index is -3.56. The molecule has 0 saturated heterocycles. The normalized spacial score (nSPS) is 12.8. The molecule has 0 aliphatic carbocycles. The summed E-state index contributed by atoms with van der Waals surface area (Å²) >= 11 is 0. The lowest BCUT2D eigenvalue weighted by atomic mass is 9.80. The van der Waals surface area contributed by atoms with Gasteiger partial charge in [-0.1, -0.05) is 54.6 Å². The maximum Gasteiger partial charge on any atom is 0.259 e. The lowest BCUT2D eigenvalue weighted by molar-refractivity contribution is 0.0227. The molecule has 1 unspecified atom stereocenters. The van der Waals surface area contributed by atoms with Gasteiger partial charge in [0.2, 0.25) is 0 Å². The molecule has 3 aromatic rings. The first-order chi connectivity index (χ1) is 21.6. The van der Waals surface area contributed by atoms with Gasteiger partial charge in [-0.3, -0.25) is 0 Å². The fraction of sp³-hybridized carbons (Fsp3) is 0.441. The Hall–Kier alpha value is -3.03. The number of hydrogen-bond donors (Lipinski definition) is 0. The Morgan fingerprint density at radius 3 is 1.67 bits per heavy atom. The Kier molecular flexibility index (Phi) is 14.3. The molecule has 0 heterocycles. The van der Waals surface area contributed by atoms with E-state index in [1.54, 1.807) is 14.2 Å². The van der Waals surface area contributed by atoms with Gasteiger partial charge in [0.1, 0.15) is 17.1 Å². The molecule has 3 rings (SSSR count). The van der Waals surface area contributed by atoms with Gasteiger partial charge in [-0.15, -0.1) is 0 Å². The first-order valence-corrected chi connectivity index (χ1v) is 17.9. The largest absolute Gasteiger partial charge is 0.497 e. The van der Waals surface area contributed by atoms with Crippen molar-refractivity contribution in [2.45, 2.75) is 51.8 Å². The number of rotatable bonds is 19. The van der Waals surface area contributed by atoms with E-state index in [9.17, 15) is 8.42 Å². The lowest BCUT2D eigenvalue weighted by Gasteiger charge is -2.36. The van der Waals surface area contributed by atoms with Crippen LogP contribution >= 0.6 is 8.53 Å². The highest BCUT2D eigenvalue weighted by atomic mass is 32.2. The maximum atomic E-state index is 13.3. The van der Waals surface area contributed by atoms with Gasteiger partial charge in [-0.25, -0.2) is 13.1 Å². The van der Waals surface area contributed by atoms with Crippen molar-refractivity contribution in [3.63, 3.8) is 0 Å². The minimum absolute atomic E-state index is 0.0304. The van der Waals surface area contributed by atoms with E-state index in [1.807, 2.05) is 107 Å². The zero-order valence-electron chi connectivity index (χ0n) is 27.0. The molecule has 3 aromatic carbocycles. The molecular weight excluding hydrogens is 611 g/mol. The molecule has 0 bridgehead atoms. The molecule has 45 heavy (non-hydrogen) atoms. The molecule has 0 aromatic heterocycles. The third kappa shape index (κ3) is 9.98. The Labute approximate surface area is 269 Å². The average Bonchev–Trinajstić information content (AvgIpc) is 3.03. The molecule has 0 radical (unpaired) electrons. The number of methoxy groups -OCH3 is 2. The highest BCUT2D eigenvalue weighted by Gasteiger charge is 2.38. The number of hydrogen-bond acceptors (Lipinski definition) is 9. The Morgan fingerprint density at radius 1 is 0.733 bits per heavy atom. The molecule has 9 nitrogen and oxygen atoms in total. The number of nitriles is 1. The zero-order valence-corrected chi connectivity index (χ0v) is 28.7. The van der Waals surface area contributed by atoms with Gasteiger partial charge in [-0.05, 0) is 68.7 Å². The van der Waals surface area contributed by atoms with E-state index in [2.05, 4.69) is 10.7 Å². The van der Waals surface area contributed by atoms with Crippen LogP contribution in [0.3, 0.4) is 0 Å². The van der Waals surface area contributed by atoms with E-state index in [0.717, 1.165) is 16.7 Å². The molecule has 0 aliphatic rings. The fourth-order valence-corrected chi connectivity index (χ4v) is 7.65. The van der Waals surface area contributed by atoms with Crippen molar-refractivity contribution in [3.8, 4) is 17.6 Å². The molecule has 0 N–H and O–H groups in total. The van der Waals surface area contributed by atoms with E-state index in [4.69, 9.17) is 28.5 Å². The van der Waals surface area contributed by atoms with E-state index in [-0.39, 0.29) is 49.8 Å². The van der Waals surface area contributed by atoms with E-state index in [0.29, 0.717) is 11.5 Å². The molecule has 0 amide bonds. The highest BCUT2D eigenvalue weighted by Crippen LogP contribution is 2.46. The van der Waals surface area contributed by atoms with Crippen molar-refractivity contribution < 1.29 is 31.7 Å². The number of ether oxygens (including phenoxy) is 3. The lowest BCUT2D eigenvalue weighted by Crippen LogP contribution is -2.35. The molecule has 1 atom stereocenters. The molecule has 244 valence electrons. The SMILES string of the molecule is COc1ccc(C(OCCS(=O)(=O)CCOP(OCCC#N)N(C(C)C)C(C)C)(c2ccccc2)c2ccc(OC)cc2)cc1. The van der Waals surface area contributed by atoms with Gasteiger partial charge in [0, 0.05) is 12.1 Å². The standard InChI is InChI=1S/C34H45N2O7PS/c1-27(2)36(28(3)4)44(42-22-10-21-35)43-24-26-45(37,38)25-23-41-34(29-11-8-7-9-12-29,30-13-17-32(39-5)18-14-30)31-15-19-33(40-6)20-16-31/h7-9,11-20,27-28H,10,22-26H2,1-6H3. The van der Waals surface area contributed by atoms with Gasteiger partial charge in [0.15, 0.2) is 9.84 Å². The summed E-state index contributed by atoms with van der Waals surface area (Å²) in [7, 11) is -1.88. The molecule has 0 spiro atoms.